The van der Waals surface area contributed by atoms with E-state index in [1.165, 1.54) is 4.90 Å². The van der Waals surface area contributed by atoms with Crippen molar-refractivity contribution in [3.8, 4) is 0 Å². The molecular formula is C13H22N2O6. The third-order valence-corrected chi connectivity index (χ3v) is 3.58. The van der Waals surface area contributed by atoms with Crippen molar-refractivity contribution in [2.24, 2.45) is 0 Å². The van der Waals surface area contributed by atoms with Crippen LogP contribution in [0.15, 0.2) is 0 Å². The second-order valence-corrected chi connectivity index (χ2v) is 5.13. The lowest BCUT2D eigenvalue weighted by atomic mass is 9.91. The van der Waals surface area contributed by atoms with E-state index < -0.39 is 24.0 Å². The molecule has 0 aromatic carbocycles. The summed E-state index contributed by atoms with van der Waals surface area (Å²) in [4.78, 5) is 35.3. The van der Waals surface area contributed by atoms with Crippen LogP contribution in [-0.4, -0.2) is 63.4 Å². The Balaban J connectivity index is 2.58. The SMILES string of the molecule is O=C(O)CCC(NC(=O)N(CCCO)C1CCC1)C(=O)O. The molecule has 0 spiro atoms. The van der Waals surface area contributed by atoms with Crippen LogP contribution >= 0.6 is 0 Å². The van der Waals surface area contributed by atoms with E-state index in [9.17, 15) is 14.4 Å². The molecule has 8 nitrogen and oxygen atoms in total. The van der Waals surface area contributed by atoms with Crippen LogP contribution in [-0.2, 0) is 9.59 Å². The molecule has 1 fully saturated rings. The Morgan fingerprint density at radius 3 is 2.33 bits per heavy atom. The number of urea groups is 1. The molecule has 1 rings (SSSR count). The molecule has 21 heavy (non-hydrogen) atoms. The number of aliphatic hydroxyl groups excluding tert-OH is 1. The van der Waals surface area contributed by atoms with E-state index >= 15 is 0 Å². The van der Waals surface area contributed by atoms with Gasteiger partial charge in [0.1, 0.15) is 6.04 Å². The van der Waals surface area contributed by atoms with Crippen molar-refractivity contribution in [3.63, 3.8) is 0 Å². The summed E-state index contributed by atoms with van der Waals surface area (Å²) in [6, 6.07) is -1.65. The molecule has 0 bridgehead atoms. The fraction of sp³-hybridized carbons (Fsp3) is 0.769. The Hall–Kier alpha value is -1.83. The van der Waals surface area contributed by atoms with Crippen LogP contribution in [0.3, 0.4) is 0 Å². The molecule has 1 atom stereocenters. The van der Waals surface area contributed by atoms with E-state index in [4.69, 9.17) is 15.3 Å². The summed E-state index contributed by atoms with van der Waals surface area (Å²) in [5.41, 5.74) is 0. The number of carbonyl (C=O) groups excluding carboxylic acids is 1. The van der Waals surface area contributed by atoms with Gasteiger partial charge in [0.2, 0.25) is 0 Å². The third-order valence-electron chi connectivity index (χ3n) is 3.58. The second-order valence-electron chi connectivity index (χ2n) is 5.13. The van der Waals surface area contributed by atoms with Gasteiger partial charge in [-0.2, -0.15) is 0 Å². The quantitative estimate of drug-likeness (QED) is 0.483. The highest BCUT2D eigenvalue weighted by atomic mass is 16.4. The van der Waals surface area contributed by atoms with E-state index in [1.54, 1.807) is 0 Å². The zero-order chi connectivity index (χ0) is 15.8. The van der Waals surface area contributed by atoms with Gasteiger partial charge in [0, 0.05) is 25.6 Å². The van der Waals surface area contributed by atoms with Crippen LogP contribution in [0.5, 0.6) is 0 Å². The lowest BCUT2D eigenvalue weighted by Gasteiger charge is -2.38. The molecule has 0 radical (unpaired) electrons. The Bertz CT molecular complexity index is 383. The Kier molecular flexibility index (Phi) is 6.93. The first-order chi connectivity index (χ1) is 9.95. The molecule has 4 N–H and O–H groups in total. The Morgan fingerprint density at radius 1 is 1.24 bits per heavy atom. The molecule has 1 unspecified atom stereocenters. The van der Waals surface area contributed by atoms with Crippen molar-refractivity contribution in [2.45, 2.75) is 50.6 Å². The molecule has 1 aliphatic rings. The average molecular weight is 302 g/mol. The maximum Gasteiger partial charge on any atom is 0.326 e. The largest absolute Gasteiger partial charge is 0.481 e. The molecule has 0 aliphatic heterocycles. The standard InChI is InChI=1S/C13H22N2O6/c16-8-2-7-15(9-3-1-4-9)13(21)14-10(12(19)20)5-6-11(17)18/h9-10,16H,1-8H2,(H,14,21)(H,17,18)(H,19,20). The van der Waals surface area contributed by atoms with Gasteiger partial charge in [-0.15, -0.1) is 0 Å². The van der Waals surface area contributed by atoms with Gasteiger partial charge >= 0.3 is 18.0 Å². The van der Waals surface area contributed by atoms with E-state index in [0.717, 1.165) is 19.3 Å². The Morgan fingerprint density at radius 2 is 1.90 bits per heavy atom. The molecule has 2 amide bonds. The molecule has 120 valence electrons. The van der Waals surface area contributed by atoms with Gasteiger partial charge in [0.05, 0.1) is 0 Å². The lowest BCUT2D eigenvalue weighted by Crippen LogP contribution is -2.53. The molecule has 8 heteroatoms. The number of aliphatic hydroxyl groups is 1. The number of hydrogen-bond donors (Lipinski definition) is 4. The highest BCUT2D eigenvalue weighted by molar-refractivity contribution is 5.83. The van der Waals surface area contributed by atoms with Crippen LogP contribution in [0.25, 0.3) is 0 Å². The minimum Gasteiger partial charge on any atom is -0.481 e. The second kappa shape index (κ2) is 8.46. The van der Waals surface area contributed by atoms with Crippen LogP contribution < -0.4 is 5.32 Å². The number of nitrogens with zero attached hydrogens (tertiary/aromatic N) is 1. The van der Waals surface area contributed by atoms with Gasteiger partial charge < -0.3 is 25.5 Å². The molecular weight excluding hydrogens is 280 g/mol. The number of carboxylic acid groups (broad SMARTS) is 2. The predicted octanol–water partition coefficient (Wildman–Crippen LogP) is 0.251. The number of amides is 2. The van der Waals surface area contributed by atoms with Gasteiger partial charge in [-0.1, -0.05) is 0 Å². The fourth-order valence-corrected chi connectivity index (χ4v) is 2.15. The first kappa shape index (κ1) is 17.2. The van der Waals surface area contributed by atoms with Crippen LogP contribution in [0.4, 0.5) is 4.79 Å². The molecule has 0 heterocycles. The summed E-state index contributed by atoms with van der Waals surface area (Å²) in [7, 11) is 0. The number of aliphatic carboxylic acids is 2. The number of rotatable bonds is 9. The fourth-order valence-electron chi connectivity index (χ4n) is 2.15. The van der Waals surface area contributed by atoms with Gasteiger partial charge in [-0.05, 0) is 32.1 Å². The topological polar surface area (TPSA) is 127 Å². The lowest BCUT2D eigenvalue weighted by molar-refractivity contribution is -0.140. The summed E-state index contributed by atoms with van der Waals surface area (Å²) < 4.78 is 0. The number of carboxylic acids is 2. The summed E-state index contributed by atoms with van der Waals surface area (Å²) in [5.74, 6) is -2.35. The maximum atomic E-state index is 12.2. The molecule has 0 aromatic rings. The van der Waals surface area contributed by atoms with Gasteiger partial charge in [-0.25, -0.2) is 9.59 Å². The van der Waals surface area contributed by atoms with Gasteiger partial charge in [-0.3, -0.25) is 4.79 Å². The van der Waals surface area contributed by atoms with Crippen molar-refractivity contribution in [1.29, 1.82) is 0 Å². The summed E-state index contributed by atoms with van der Waals surface area (Å²) in [5, 5.41) is 28.9. The third kappa shape index (κ3) is 5.58. The smallest absolute Gasteiger partial charge is 0.326 e. The minimum atomic E-state index is -1.25. The minimum absolute atomic E-state index is 0.0438. The zero-order valence-electron chi connectivity index (χ0n) is 11.8. The summed E-state index contributed by atoms with van der Waals surface area (Å²) >= 11 is 0. The van der Waals surface area contributed by atoms with Crippen LogP contribution in [0.1, 0.15) is 38.5 Å². The van der Waals surface area contributed by atoms with Gasteiger partial charge in [0.15, 0.2) is 0 Å². The average Bonchev–Trinajstić information content (AvgIpc) is 2.36. The van der Waals surface area contributed by atoms with Crippen molar-refractivity contribution < 1.29 is 29.7 Å². The number of nitrogens with one attached hydrogen (secondary N) is 1. The normalized spacial score (nSPS) is 15.9. The van der Waals surface area contributed by atoms with Crippen molar-refractivity contribution in [2.75, 3.05) is 13.2 Å². The highest BCUT2D eigenvalue weighted by Crippen LogP contribution is 2.25. The van der Waals surface area contributed by atoms with Gasteiger partial charge in [0.25, 0.3) is 0 Å². The first-order valence-corrected chi connectivity index (χ1v) is 7.08. The van der Waals surface area contributed by atoms with Crippen molar-refractivity contribution in [3.05, 3.63) is 0 Å². The van der Waals surface area contributed by atoms with E-state index in [1.807, 2.05) is 0 Å². The zero-order valence-corrected chi connectivity index (χ0v) is 11.8. The summed E-state index contributed by atoms with van der Waals surface area (Å²) in [6.07, 6.45) is 2.70. The number of carbonyl (C=O) groups is 3. The molecule has 1 saturated carbocycles. The van der Waals surface area contributed by atoms with E-state index in [2.05, 4.69) is 5.32 Å². The van der Waals surface area contributed by atoms with Crippen molar-refractivity contribution in [1.82, 2.24) is 10.2 Å². The molecule has 0 saturated heterocycles. The monoisotopic (exact) mass is 302 g/mol. The van der Waals surface area contributed by atoms with Crippen LogP contribution in [0, 0.1) is 0 Å². The van der Waals surface area contributed by atoms with Crippen LogP contribution in [0.2, 0.25) is 0 Å². The molecule has 1 aliphatic carbocycles. The summed E-state index contributed by atoms with van der Waals surface area (Å²) in [6.45, 7) is 0.316. The molecule has 0 aromatic heterocycles. The van der Waals surface area contributed by atoms with E-state index in [0.29, 0.717) is 13.0 Å². The Labute approximate surface area is 122 Å². The predicted molar refractivity (Wildman–Crippen MR) is 72.9 cm³/mol. The van der Waals surface area contributed by atoms with E-state index in [-0.39, 0.29) is 25.5 Å². The first-order valence-electron chi connectivity index (χ1n) is 7.08. The highest BCUT2D eigenvalue weighted by Gasteiger charge is 2.30. The van der Waals surface area contributed by atoms with Crippen molar-refractivity contribution >= 4 is 18.0 Å². The maximum absolute atomic E-state index is 12.2. The number of hydrogen-bond acceptors (Lipinski definition) is 4.